The highest BCUT2D eigenvalue weighted by Crippen LogP contribution is 2.33. The molecule has 1 fully saturated rings. The molecule has 1 aliphatic carbocycles. The molecule has 25 heavy (non-hydrogen) atoms. The molecular weight excluding hydrogens is 332 g/mol. The van der Waals surface area contributed by atoms with E-state index in [2.05, 4.69) is 33.1 Å². The van der Waals surface area contributed by atoms with Crippen molar-refractivity contribution in [3.05, 3.63) is 36.4 Å². The van der Waals surface area contributed by atoms with Crippen LogP contribution in [0.15, 0.2) is 40.5 Å². The van der Waals surface area contributed by atoms with Crippen molar-refractivity contribution < 1.29 is 4.74 Å². The summed E-state index contributed by atoms with van der Waals surface area (Å²) in [5, 5.41) is 3.13. The lowest BCUT2D eigenvalue weighted by molar-refractivity contribution is 0.0417. The van der Waals surface area contributed by atoms with Crippen molar-refractivity contribution in [3.63, 3.8) is 0 Å². The van der Waals surface area contributed by atoms with Gasteiger partial charge >= 0.3 is 0 Å². The first kappa shape index (κ1) is 18.0. The molecule has 5 nitrogen and oxygen atoms in total. The average Bonchev–Trinajstić information content (AvgIpc) is 3.18. The zero-order valence-electron chi connectivity index (χ0n) is 14.6. The smallest absolute Gasteiger partial charge is 0.153 e. The molecule has 132 valence electrons. The van der Waals surface area contributed by atoms with Gasteiger partial charge in [0.2, 0.25) is 0 Å². The lowest BCUT2D eigenvalue weighted by atomic mass is 10.1. The maximum Gasteiger partial charge on any atom is 0.153 e. The van der Waals surface area contributed by atoms with Gasteiger partial charge in [-0.2, -0.15) is 0 Å². The van der Waals surface area contributed by atoms with Crippen molar-refractivity contribution in [1.29, 1.82) is 0 Å². The number of ether oxygens (including phenoxy) is 1. The predicted molar refractivity (Wildman–Crippen MR) is 104 cm³/mol. The lowest BCUT2D eigenvalue weighted by Gasteiger charge is -2.11. The van der Waals surface area contributed by atoms with Gasteiger partial charge in [-0.1, -0.05) is 18.9 Å². The molecule has 0 spiro atoms. The number of nitrogens with zero attached hydrogens (tertiary/aromatic N) is 3. The monoisotopic (exact) mass is 356 g/mol. The maximum absolute atomic E-state index is 5.87. The fourth-order valence-electron chi connectivity index (χ4n) is 2.92. The number of aliphatic imine (C=N–C) groups is 1. The Balaban J connectivity index is 1.69. The largest absolute Gasteiger partial charge is 0.370 e. The Hall–Kier alpha value is -1.76. The Morgan fingerprint density at radius 2 is 2.00 bits per heavy atom. The summed E-state index contributed by atoms with van der Waals surface area (Å²) >= 11 is 1.70. The summed E-state index contributed by atoms with van der Waals surface area (Å²) in [7, 11) is 1.93. The Labute approximate surface area is 153 Å². The second kappa shape index (κ2) is 9.08. The van der Waals surface area contributed by atoms with E-state index in [4.69, 9.17) is 4.74 Å². The number of thioether (sulfide) groups is 1. The highest BCUT2D eigenvalue weighted by Gasteiger charge is 2.15. The molecule has 6 heteroatoms. The summed E-state index contributed by atoms with van der Waals surface area (Å²) in [4.78, 5) is 14.1. The summed E-state index contributed by atoms with van der Waals surface area (Å²) < 4.78 is 5.87. The van der Waals surface area contributed by atoms with Crippen molar-refractivity contribution in [2.24, 2.45) is 4.99 Å². The molecule has 1 aromatic carbocycles. The fraction of sp³-hybridized carbons (Fsp3) is 0.421. The SMILES string of the molecule is C=Nc1ccc(-c2cnc(COC3CCCC3)nc2)cc1SCNC. The molecular formula is C19H24N4OS. The Morgan fingerprint density at radius 1 is 1.24 bits per heavy atom. The third kappa shape index (κ3) is 4.87. The van der Waals surface area contributed by atoms with E-state index in [1.54, 1.807) is 11.8 Å². The highest BCUT2D eigenvalue weighted by atomic mass is 32.2. The van der Waals surface area contributed by atoms with Crippen LogP contribution in [0.4, 0.5) is 5.69 Å². The van der Waals surface area contributed by atoms with Gasteiger partial charge < -0.3 is 10.1 Å². The fourth-order valence-corrected chi connectivity index (χ4v) is 3.71. The first-order valence-electron chi connectivity index (χ1n) is 8.61. The molecule has 0 radical (unpaired) electrons. The van der Waals surface area contributed by atoms with Crippen molar-refractivity contribution in [2.45, 2.75) is 43.3 Å². The summed E-state index contributed by atoms with van der Waals surface area (Å²) in [5.41, 5.74) is 2.97. The third-order valence-corrected chi connectivity index (χ3v) is 5.36. The van der Waals surface area contributed by atoms with Crippen molar-refractivity contribution in [1.82, 2.24) is 15.3 Å². The quantitative estimate of drug-likeness (QED) is 0.436. The van der Waals surface area contributed by atoms with Gasteiger partial charge in [0.1, 0.15) is 6.61 Å². The topological polar surface area (TPSA) is 59.4 Å². The van der Waals surface area contributed by atoms with Gasteiger partial charge in [0.05, 0.1) is 11.8 Å². The van der Waals surface area contributed by atoms with Gasteiger partial charge in [0, 0.05) is 28.7 Å². The minimum absolute atomic E-state index is 0.383. The summed E-state index contributed by atoms with van der Waals surface area (Å²) in [6.45, 7) is 4.14. The lowest BCUT2D eigenvalue weighted by Crippen LogP contribution is -2.09. The molecule has 1 aliphatic rings. The molecule has 1 N–H and O–H groups in total. The van der Waals surface area contributed by atoms with Crippen LogP contribution < -0.4 is 5.32 Å². The first-order valence-corrected chi connectivity index (χ1v) is 9.60. The molecule has 1 heterocycles. The van der Waals surface area contributed by atoms with Crippen LogP contribution in [0.5, 0.6) is 0 Å². The molecule has 0 aliphatic heterocycles. The van der Waals surface area contributed by atoms with Crippen LogP contribution in [0, 0.1) is 0 Å². The van der Waals surface area contributed by atoms with E-state index in [-0.39, 0.29) is 0 Å². The van der Waals surface area contributed by atoms with E-state index >= 15 is 0 Å². The molecule has 0 unspecified atom stereocenters. The Kier molecular flexibility index (Phi) is 6.55. The van der Waals surface area contributed by atoms with E-state index in [0.717, 1.165) is 46.3 Å². The minimum Gasteiger partial charge on any atom is -0.370 e. The highest BCUT2D eigenvalue weighted by molar-refractivity contribution is 7.99. The van der Waals surface area contributed by atoms with Gasteiger partial charge in [-0.15, -0.1) is 11.8 Å². The summed E-state index contributed by atoms with van der Waals surface area (Å²) in [5.74, 6) is 1.56. The van der Waals surface area contributed by atoms with Crippen LogP contribution in [0.25, 0.3) is 11.1 Å². The zero-order chi connectivity index (χ0) is 17.5. The first-order chi connectivity index (χ1) is 12.3. The minimum atomic E-state index is 0.383. The molecule has 0 bridgehead atoms. The number of nitrogens with one attached hydrogen (secondary N) is 1. The maximum atomic E-state index is 5.87. The van der Waals surface area contributed by atoms with Gasteiger partial charge in [-0.3, -0.25) is 4.99 Å². The van der Waals surface area contributed by atoms with E-state index in [1.807, 2.05) is 31.6 Å². The van der Waals surface area contributed by atoms with Crippen LogP contribution in [0.1, 0.15) is 31.5 Å². The number of benzene rings is 1. The van der Waals surface area contributed by atoms with Crippen molar-refractivity contribution in [3.8, 4) is 11.1 Å². The van der Waals surface area contributed by atoms with Crippen molar-refractivity contribution in [2.75, 3.05) is 12.9 Å². The van der Waals surface area contributed by atoms with Gasteiger partial charge in [0.25, 0.3) is 0 Å². The average molecular weight is 356 g/mol. The molecule has 0 saturated heterocycles. The second-order valence-electron chi connectivity index (χ2n) is 6.09. The van der Waals surface area contributed by atoms with Crippen LogP contribution in [-0.2, 0) is 11.3 Å². The Bertz CT molecular complexity index is 699. The molecule has 0 amide bonds. The number of hydrogen-bond acceptors (Lipinski definition) is 6. The predicted octanol–water partition coefficient (Wildman–Crippen LogP) is 4.20. The van der Waals surface area contributed by atoms with E-state index in [0.29, 0.717) is 12.7 Å². The van der Waals surface area contributed by atoms with Gasteiger partial charge in [-0.05, 0) is 44.3 Å². The van der Waals surface area contributed by atoms with E-state index in [9.17, 15) is 0 Å². The zero-order valence-corrected chi connectivity index (χ0v) is 15.4. The standard InChI is InChI=1S/C19H24N4OS/c1-20-13-25-18-9-14(7-8-17(18)21-2)15-10-22-19(23-11-15)12-24-16-5-3-4-6-16/h7-11,16,20H,2-6,12-13H2,1H3. The van der Waals surface area contributed by atoms with Gasteiger partial charge in [0.15, 0.2) is 5.82 Å². The number of hydrogen-bond donors (Lipinski definition) is 1. The van der Waals surface area contributed by atoms with Crippen LogP contribution in [-0.4, -0.2) is 35.7 Å². The molecule has 1 aromatic heterocycles. The van der Waals surface area contributed by atoms with E-state index < -0.39 is 0 Å². The van der Waals surface area contributed by atoms with Crippen LogP contribution in [0.3, 0.4) is 0 Å². The van der Waals surface area contributed by atoms with E-state index in [1.165, 1.54) is 12.8 Å². The van der Waals surface area contributed by atoms with Gasteiger partial charge in [-0.25, -0.2) is 9.97 Å². The Morgan fingerprint density at radius 3 is 2.68 bits per heavy atom. The number of aromatic nitrogens is 2. The van der Waals surface area contributed by atoms with Crippen molar-refractivity contribution >= 4 is 24.2 Å². The molecule has 2 aromatic rings. The normalized spacial score (nSPS) is 14.8. The summed E-state index contributed by atoms with van der Waals surface area (Å²) in [6.07, 6.45) is 8.98. The molecule has 0 atom stereocenters. The van der Waals surface area contributed by atoms with Crippen LogP contribution in [0.2, 0.25) is 0 Å². The second-order valence-corrected chi connectivity index (χ2v) is 7.11. The molecule has 3 rings (SSSR count). The molecule has 1 saturated carbocycles. The number of rotatable bonds is 8. The third-order valence-electron chi connectivity index (χ3n) is 4.29. The summed E-state index contributed by atoms with van der Waals surface area (Å²) in [6, 6.07) is 6.12. The van der Waals surface area contributed by atoms with Crippen LogP contribution >= 0.6 is 11.8 Å².